The van der Waals surface area contributed by atoms with Gasteiger partial charge in [-0.2, -0.15) is 0 Å². The van der Waals surface area contributed by atoms with E-state index in [1.807, 2.05) is 35.0 Å². The van der Waals surface area contributed by atoms with Crippen LogP contribution in [0.4, 0.5) is 10.1 Å². The molecule has 0 saturated heterocycles. The number of halogens is 2. The van der Waals surface area contributed by atoms with E-state index in [4.69, 9.17) is 11.6 Å². The topological polar surface area (TPSA) is 63.5 Å². The summed E-state index contributed by atoms with van der Waals surface area (Å²) in [5.74, 6) is -0.674. The highest BCUT2D eigenvalue weighted by Gasteiger charge is 2.16. The molecule has 8 heteroatoms. The largest absolute Gasteiger partial charge is 0.306 e. The van der Waals surface area contributed by atoms with E-state index >= 15 is 0 Å². The zero-order valence-electron chi connectivity index (χ0n) is 13.8. The van der Waals surface area contributed by atoms with Gasteiger partial charge in [0.1, 0.15) is 11.5 Å². The molecule has 0 saturated carbocycles. The lowest BCUT2D eigenvalue weighted by molar-refractivity contribution is 0.599. The number of sulfonamides is 1. The molecular weight excluding hydrogens is 389 g/mol. The number of anilines is 1. The van der Waals surface area contributed by atoms with Crippen LogP contribution in [0.1, 0.15) is 0 Å². The smallest absolute Gasteiger partial charge is 0.261 e. The summed E-state index contributed by atoms with van der Waals surface area (Å²) < 4.78 is 42.5. The molecule has 4 rings (SSSR count). The van der Waals surface area contributed by atoms with E-state index < -0.39 is 15.8 Å². The molecule has 2 aromatic carbocycles. The van der Waals surface area contributed by atoms with Crippen LogP contribution in [0.5, 0.6) is 0 Å². The summed E-state index contributed by atoms with van der Waals surface area (Å²) in [6.45, 7) is 0. The Bertz CT molecular complexity index is 1200. The number of nitrogens with one attached hydrogen (secondary N) is 1. The van der Waals surface area contributed by atoms with Gasteiger partial charge in [0.2, 0.25) is 0 Å². The first-order valence-corrected chi connectivity index (χ1v) is 9.80. The van der Waals surface area contributed by atoms with E-state index in [2.05, 4.69) is 9.71 Å². The first kappa shape index (κ1) is 17.5. The fraction of sp³-hybridized carbons (Fsp3) is 0. The van der Waals surface area contributed by atoms with E-state index in [1.54, 1.807) is 24.3 Å². The monoisotopic (exact) mass is 401 g/mol. The predicted octanol–water partition coefficient (Wildman–Crippen LogP) is 4.59. The van der Waals surface area contributed by atoms with Crippen molar-refractivity contribution in [2.45, 2.75) is 4.90 Å². The third kappa shape index (κ3) is 3.51. The molecule has 1 N–H and O–H groups in total. The normalized spacial score (nSPS) is 11.6. The van der Waals surface area contributed by atoms with Crippen LogP contribution in [0.15, 0.2) is 78.0 Å². The van der Waals surface area contributed by atoms with Gasteiger partial charge in [-0.15, -0.1) is 0 Å². The maximum Gasteiger partial charge on any atom is 0.261 e. The lowest BCUT2D eigenvalue weighted by Crippen LogP contribution is -2.13. The van der Waals surface area contributed by atoms with Crippen molar-refractivity contribution >= 4 is 33.0 Å². The second kappa shape index (κ2) is 6.68. The summed E-state index contributed by atoms with van der Waals surface area (Å²) in [5.41, 5.74) is 2.83. The van der Waals surface area contributed by atoms with Crippen molar-refractivity contribution in [1.29, 1.82) is 0 Å². The summed E-state index contributed by atoms with van der Waals surface area (Å²) in [7, 11) is -3.87. The molecule has 0 fully saturated rings. The summed E-state index contributed by atoms with van der Waals surface area (Å²) in [4.78, 5) is 4.41. The number of rotatable bonds is 4. The van der Waals surface area contributed by atoms with Gasteiger partial charge in [-0.1, -0.05) is 29.8 Å². The third-order valence-electron chi connectivity index (χ3n) is 4.00. The summed E-state index contributed by atoms with van der Waals surface area (Å²) >= 11 is 5.67. The molecule has 0 atom stereocenters. The van der Waals surface area contributed by atoms with Gasteiger partial charge in [0.05, 0.1) is 15.6 Å². The van der Waals surface area contributed by atoms with Crippen molar-refractivity contribution in [3.63, 3.8) is 0 Å². The fourth-order valence-electron chi connectivity index (χ4n) is 2.64. The van der Waals surface area contributed by atoms with Crippen LogP contribution in [0, 0.1) is 5.82 Å². The third-order valence-corrected chi connectivity index (χ3v) is 5.67. The highest BCUT2D eigenvalue weighted by molar-refractivity contribution is 7.92. The first-order valence-electron chi connectivity index (χ1n) is 7.94. The van der Waals surface area contributed by atoms with Crippen LogP contribution >= 0.6 is 11.6 Å². The Labute approximate surface area is 160 Å². The van der Waals surface area contributed by atoms with E-state index in [0.717, 1.165) is 35.1 Å². The van der Waals surface area contributed by atoms with Gasteiger partial charge in [-0.05, 0) is 42.5 Å². The second-order valence-corrected chi connectivity index (χ2v) is 7.94. The van der Waals surface area contributed by atoms with Gasteiger partial charge in [0.25, 0.3) is 10.0 Å². The molecule has 136 valence electrons. The minimum atomic E-state index is -3.87. The maximum absolute atomic E-state index is 13.2. The van der Waals surface area contributed by atoms with Crippen molar-refractivity contribution in [1.82, 2.24) is 9.38 Å². The summed E-state index contributed by atoms with van der Waals surface area (Å²) in [5, 5.41) is -0.250. The number of benzene rings is 2. The zero-order chi connectivity index (χ0) is 19.0. The Morgan fingerprint density at radius 3 is 2.52 bits per heavy atom. The molecule has 0 spiro atoms. The van der Waals surface area contributed by atoms with Gasteiger partial charge in [0, 0.05) is 23.6 Å². The van der Waals surface area contributed by atoms with Gasteiger partial charge in [0.15, 0.2) is 0 Å². The molecular formula is C19H13ClFN3O2S. The highest BCUT2D eigenvalue weighted by atomic mass is 35.5. The average molecular weight is 402 g/mol. The highest BCUT2D eigenvalue weighted by Crippen LogP contribution is 2.24. The Hall–Kier alpha value is -2.90. The molecule has 2 heterocycles. The minimum absolute atomic E-state index is 0.113. The predicted molar refractivity (Wildman–Crippen MR) is 103 cm³/mol. The van der Waals surface area contributed by atoms with Crippen molar-refractivity contribution in [2.24, 2.45) is 0 Å². The standard InChI is InChI=1S/C19H13ClFN3O2S/c20-16-11-15(8-9-17(16)21)27(25,26)23-14-6-4-13(5-7-14)18-12-24-10-2-1-3-19(24)22-18/h1-12,23H. The van der Waals surface area contributed by atoms with Gasteiger partial charge >= 0.3 is 0 Å². The lowest BCUT2D eigenvalue weighted by Gasteiger charge is -2.09. The molecule has 4 aromatic rings. The van der Waals surface area contributed by atoms with Gasteiger partial charge < -0.3 is 4.40 Å². The number of imidazole rings is 1. The number of pyridine rings is 1. The first-order chi connectivity index (χ1) is 12.9. The minimum Gasteiger partial charge on any atom is -0.306 e. The van der Waals surface area contributed by atoms with Crippen LogP contribution in [-0.4, -0.2) is 17.8 Å². The van der Waals surface area contributed by atoms with E-state index in [9.17, 15) is 12.8 Å². The van der Waals surface area contributed by atoms with Crippen LogP contribution < -0.4 is 4.72 Å². The van der Waals surface area contributed by atoms with E-state index in [0.29, 0.717) is 5.69 Å². The maximum atomic E-state index is 13.2. The van der Waals surface area contributed by atoms with Crippen molar-refractivity contribution in [3.8, 4) is 11.3 Å². The molecule has 0 aliphatic rings. The van der Waals surface area contributed by atoms with Crippen molar-refractivity contribution < 1.29 is 12.8 Å². The number of hydrogen-bond donors (Lipinski definition) is 1. The second-order valence-electron chi connectivity index (χ2n) is 5.85. The average Bonchev–Trinajstić information content (AvgIpc) is 3.08. The lowest BCUT2D eigenvalue weighted by atomic mass is 10.1. The molecule has 0 bridgehead atoms. The molecule has 5 nitrogen and oxygen atoms in total. The summed E-state index contributed by atoms with van der Waals surface area (Å²) in [6, 6.07) is 15.8. The van der Waals surface area contributed by atoms with Crippen LogP contribution in [0.3, 0.4) is 0 Å². The number of fused-ring (bicyclic) bond motifs is 1. The number of nitrogens with zero attached hydrogens (tertiary/aromatic N) is 2. The Morgan fingerprint density at radius 1 is 1.04 bits per heavy atom. The van der Waals surface area contributed by atoms with Crippen molar-refractivity contribution in [2.75, 3.05) is 4.72 Å². The molecule has 0 unspecified atom stereocenters. The van der Waals surface area contributed by atoms with E-state index in [1.165, 1.54) is 0 Å². The number of hydrogen-bond acceptors (Lipinski definition) is 3. The van der Waals surface area contributed by atoms with Gasteiger partial charge in [-0.3, -0.25) is 4.72 Å². The SMILES string of the molecule is O=S(=O)(Nc1ccc(-c2cn3ccccc3n2)cc1)c1ccc(F)c(Cl)c1. The molecule has 0 amide bonds. The number of aromatic nitrogens is 2. The molecule has 27 heavy (non-hydrogen) atoms. The molecule has 0 aliphatic heterocycles. The van der Waals surface area contributed by atoms with Crippen LogP contribution in [0.2, 0.25) is 5.02 Å². The van der Waals surface area contributed by atoms with Crippen LogP contribution in [0.25, 0.3) is 16.9 Å². The Morgan fingerprint density at radius 2 is 1.81 bits per heavy atom. The van der Waals surface area contributed by atoms with Gasteiger partial charge in [-0.25, -0.2) is 17.8 Å². The summed E-state index contributed by atoms with van der Waals surface area (Å²) in [6.07, 6.45) is 3.80. The fourth-order valence-corrected chi connectivity index (χ4v) is 3.97. The Kier molecular flexibility index (Phi) is 4.33. The molecule has 0 radical (unpaired) electrons. The van der Waals surface area contributed by atoms with E-state index in [-0.39, 0.29) is 9.92 Å². The molecule has 2 aromatic heterocycles. The quantitative estimate of drug-likeness (QED) is 0.543. The molecule has 0 aliphatic carbocycles. The Balaban J connectivity index is 1.59. The van der Waals surface area contributed by atoms with Crippen molar-refractivity contribution in [3.05, 3.63) is 83.9 Å². The van der Waals surface area contributed by atoms with Crippen LogP contribution in [-0.2, 0) is 10.0 Å². The zero-order valence-corrected chi connectivity index (χ0v) is 15.4.